The van der Waals surface area contributed by atoms with E-state index < -0.39 is 12.0 Å². The normalized spacial score (nSPS) is 14.7. The Bertz CT molecular complexity index is 166. The lowest BCUT2D eigenvalue weighted by Crippen LogP contribution is -2.27. The molecule has 0 fully saturated rings. The molecule has 0 aliphatic heterocycles. The lowest BCUT2D eigenvalue weighted by Gasteiger charge is -2.17. The maximum absolute atomic E-state index is 11.2. The summed E-state index contributed by atoms with van der Waals surface area (Å²) in [5.41, 5.74) is 0. The summed E-state index contributed by atoms with van der Waals surface area (Å²) in [4.78, 5) is 11.2. The van der Waals surface area contributed by atoms with Crippen molar-refractivity contribution in [3.63, 3.8) is 0 Å². The minimum Gasteiger partial charge on any atom is -0.469 e. The first kappa shape index (κ1) is 12.2. The van der Waals surface area contributed by atoms with Gasteiger partial charge in [-0.25, -0.2) is 0 Å². The zero-order valence-electron chi connectivity index (χ0n) is 8.32. The number of esters is 1. The van der Waals surface area contributed by atoms with Gasteiger partial charge >= 0.3 is 5.97 Å². The SMILES string of the molecule is C=CC(O)C(CCCC)C(=O)OC. The van der Waals surface area contributed by atoms with Gasteiger partial charge in [-0.05, 0) is 6.42 Å². The lowest BCUT2D eigenvalue weighted by molar-refractivity contribution is -0.148. The molecule has 0 spiro atoms. The Morgan fingerprint density at radius 3 is 2.69 bits per heavy atom. The number of aliphatic hydroxyl groups excluding tert-OH is 1. The van der Waals surface area contributed by atoms with Crippen molar-refractivity contribution in [2.24, 2.45) is 5.92 Å². The van der Waals surface area contributed by atoms with Crippen molar-refractivity contribution in [1.29, 1.82) is 0 Å². The van der Waals surface area contributed by atoms with E-state index in [2.05, 4.69) is 11.3 Å². The smallest absolute Gasteiger partial charge is 0.311 e. The van der Waals surface area contributed by atoms with Crippen LogP contribution in [-0.2, 0) is 9.53 Å². The molecule has 0 radical (unpaired) electrons. The summed E-state index contributed by atoms with van der Waals surface area (Å²) in [5, 5.41) is 9.43. The largest absolute Gasteiger partial charge is 0.469 e. The molecule has 76 valence electrons. The molecule has 3 nitrogen and oxygen atoms in total. The first-order chi connectivity index (χ1) is 6.17. The van der Waals surface area contributed by atoms with Gasteiger partial charge in [-0.15, -0.1) is 6.58 Å². The number of hydrogen-bond acceptors (Lipinski definition) is 3. The molecule has 0 amide bonds. The van der Waals surface area contributed by atoms with Gasteiger partial charge in [0, 0.05) is 0 Å². The molecule has 2 atom stereocenters. The molecular formula is C10H18O3. The van der Waals surface area contributed by atoms with E-state index in [4.69, 9.17) is 0 Å². The first-order valence-corrected chi connectivity index (χ1v) is 4.55. The van der Waals surface area contributed by atoms with E-state index in [0.29, 0.717) is 6.42 Å². The summed E-state index contributed by atoms with van der Waals surface area (Å²) in [6.45, 7) is 5.48. The number of aliphatic hydroxyl groups is 1. The minimum absolute atomic E-state index is 0.360. The highest BCUT2D eigenvalue weighted by atomic mass is 16.5. The minimum atomic E-state index is -0.793. The molecule has 0 rings (SSSR count). The Hall–Kier alpha value is -0.830. The zero-order valence-corrected chi connectivity index (χ0v) is 8.32. The summed E-state index contributed by atoms with van der Waals surface area (Å²) in [7, 11) is 1.33. The first-order valence-electron chi connectivity index (χ1n) is 4.55. The van der Waals surface area contributed by atoms with E-state index in [9.17, 15) is 9.90 Å². The molecule has 3 heteroatoms. The number of unbranched alkanes of at least 4 members (excludes halogenated alkanes) is 1. The van der Waals surface area contributed by atoms with Crippen LogP contribution in [0.2, 0.25) is 0 Å². The van der Waals surface area contributed by atoms with Crippen LogP contribution in [0.4, 0.5) is 0 Å². The predicted molar refractivity (Wildman–Crippen MR) is 51.2 cm³/mol. The second-order valence-corrected chi connectivity index (χ2v) is 3.00. The van der Waals surface area contributed by atoms with Crippen molar-refractivity contribution in [3.05, 3.63) is 12.7 Å². The van der Waals surface area contributed by atoms with Crippen LogP contribution in [0, 0.1) is 5.92 Å². The molecule has 0 saturated heterocycles. The molecule has 0 aromatic heterocycles. The van der Waals surface area contributed by atoms with Gasteiger partial charge in [0.05, 0.1) is 19.1 Å². The summed E-state index contributed by atoms with van der Waals surface area (Å²) in [6.07, 6.45) is 3.13. The van der Waals surface area contributed by atoms with Gasteiger partial charge in [0.25, 0.3) is 0 Å². The monoisotopic (exact) mass is 186 g/mol. The van der Waals surface area contributed by atoms with Crippen LogP contribution in [0.15, 0.2) is 12.7 Å². The molecule has 0 aromatic rings. The van der Waals surface area contributed by atoms with Crippen molar-refractivity contribution in [2.45, 2.75) is 32.3 Å². The van der Waals surface area contributed by atoms with E-state index in [-0.39, 0.29) is 5.97 Å². The Balaban J connectivity index is 4.17. The van der Waals surface area contributed by atoms with Crippen molar-refractivity contribution in [1.82, 2.24) is 0 Å². The van der Waals surface area contributed by atoms with Gasteiger partial charge in [-0.3, -0.25) is 4.79 Å². The third kappa shape index (κ3) is 4.08. The van der Waals surface area contributed by atoms with Crippen LogP contribution in [-0.4, -0.2) is 24.3 Å². The highest BCUT2D eigenvalue weighted by Crippen LogP contribution is 2.15. The van der Waals surface area contributed by atoms with E-state index in [1.807, 2.05) is 6.92 Å². The summed E-state index contributed by atoms with van der Waals surface area (Å²) >= 11 is 0. The standard InChI is InChI=1S/C10H18O3/c1-4-6-7-8(9(11)5-2)10(12)13-3/h5,8-9,11H,2,4,6-7H2,1,3H3. The Kier molecular flexibility index (Phi) is 6.24. The van der Waals surface area contributed by atoms with Gasteiger partial charge in [-0.2, -0.15) is 0 Å². The number of ether oxygens (including phenoxy) is 1. The number of rotatable bonds is 6. The maximum atomic E-state index is 11.2. The molecule has 2 unspecified atom stereocenters. The van der Waals surface area contributed by atoms with E-state index >= 15 is 0 Å². The van der Waals surface area contributed by atoms with E-state index in [1.165, 1.54) is 13.2 Å². The number of methoxy groups -OCH3 is 1. The van der Waals surface area contributed by atoms with Crippen LogP contribution < -0.4 is 0 Å². The number of hydrogen-bond donors (Lipinski definition) is 1. The Morgan fingerprint density at radius 1 is 1.69 bits per heavy atom. The highest BCUT2D eigenvalue weighted by Gasteiger charge is 2.24. The van der Waals surface area contributed by atoms with Gasteiger partial charge in [0.15, 0.2) is 0 Å². The molecular weight excluding hydrogens is 168 g/mol. The fraction of sp³-hybridized carbons (Fsp3) is 0.700. The molecule has 0 heterocycles. The van der Waals surface area contributed by atoms with Gasteiger partial charge in [-0.1, -0.05) is 25.8 Å². The fourth-order valence-corrected chi connectivity index (χ4v) is 1.17. The van der Waals surface area contributed by atoms with Gasteiger partial charge in [0.1, 0.15) is 0 Å². The van der Waals surface area contributed by atoms with Crippen molar-refractivity contribution in [3.8, 4) is 0 Å². The fourth-order valence-electron chi connectivity index (χ4n) is 1.17. The van der Waals surface area contributed by atoms with Gasteiger partial charge in [0.2, 0.25) is 0 Å². The topological polar surface area (TPSA) is 46.5 Å². The lowest BCUT2D eigenvalue weighted by atomic mass is 9.96. The summed E-state index contributed by atoms with van der Waals surface area (Å²) in [5.74, 6) is -0.816. The van der Waals surface area contributed by atoms with Gasteiger partial charge < -0.3 is 9.84 Å². The molecule has 0 aliphatic rings. The second-order valence-electron chi connectivity index (χ2n) is 3.00. The molecule has 0 aliphatic carbocycles. The third-order valence-electron chi connectivity index (χ3n) is 2.03. The summed E-state index contributed by atoms with van der Waals surface area (Å²) < 4.78 is 4.59. The van der Waals surface area contributed by atoms with Crippen LogP contribution in [0.5, 0.6) is 0 Å². The Labute approximate surface area is 79.4 Å². The third-order valence-corrected chi connectivity index (χ3v) is 2.03. The van der Waals surface area contributed by atoms with E-state index in [1.54, 1.807) is 0 Å². The van der Waals surface area contributed by atoms with Crippen LogP contribution in [0.3, 0.4) is 0 Å². The maximum Gasteiger partial charge on any atom is 0.311 e. The van der Waals surface area contributed by atoms with Crippen LogP contribution in [0.1, 0.15) is 26.2 Å². The predicted octanol–water partition coefficient (Wildman–Crippen LogP) is 1.51. The van der Waals surface area contributed by atoms with Crippen molar-refractivity contribution < 1.29 is 14.6 Å². The van der Waals surface area contributed by atoms with E-state index in [0.717, 1.165) is 12.8 Å². The van der Waals surface area contributed by atoms with Crippen molar-refractivity contribution >= 4 is 5.97 Å². The Morgan fingerprint density at radius 2 is 2.31 bits per heavy atom. The number of carbonyl (C=O) groups is 1. The quantitative estimate of drug-likeness (QED) is 0.505. The van der Waals surface area contributed by atoms with Crippen LogP contribution in [0.25, 0.3) is 0 Å². The van der Waals surface area contributed by atoms with Crippen LogP contribution >= 0.6 is 0 Å². The molecule has 0 aromatic carbocycles. The average Bonchev–Trinajstić information content (AvgIpc) is 2.17. The molecule has 0 saturated carbocycles. The highest BCUT2D eigenvalue weighted by molar-refractivity contribution is 5.73. The molecule has 1 N–H and O–H groups in total. The second kappa shape index (κ2) is 6.66. The molecule has 13 heavy (non-hydrogen) atoms. The number of carbonyl (C=O) groups excluding carboxylic acids is 1. The molecule has 0 bridgehead atoms. The average molecular weight is 186 g/mol. The van der Waals surface area contributed by atoms with Crippen molar-refractivity contribution in [2.75, 3.05) is 7.11 Å². The zero-order chi connectivity index (χ0) is 10.3. The summed E-state index contributed by atoms with van der Waals surface area (Å²) in [6, 6.07) is 0.